The van der Waals surface area contributed by atoms with Crippen LogP contribution in [0.25, 0.3) is 11.0 Å². The summed E-state index contributed by atoms with van der Waals surface area (Å²) in [7, 11) is 1.73. The highest BCUT2D eigenvalue weighted by atomic mass is 16.4. The maximum absolute atomic E-state index is 13.3. The second-order valence-corrected chi connectivity index (χ2v) is 8.78. The van der Waals surface area contributed by atoms with Crippen LogP contribution in [0.4, 0.5) is 4.79 Å². The largest absolute Gasteiger partial charge is 0.423 e. The molecule has 1 spiro atoms. The molecular weight excluding hydrogens is 368 g/mol. The van der Waals surface area contributed by atoms with Gasteiger partial charge in [0.15, 0.2) is 0 Å². The van der Waals surface area contributed by atoms with Gasteiger partial charge in [0.1, 0.15) is 11.1 Å². The van der Waals surface area contributed by atoms with Gasteiger partial charge in [0.2, 0.25) is 0 Å². The molecule has 0 N–H and O–H groups in total. The normalized spacial score (nSPS) is 19.2. The van der Waals surface area contributed by atoms with Gasteiger partial charge in [-0.2, -0.15) is 0 Å². The molecular formula is C23H28N2O4. The van der Waals surface area contributed by atoms with Crippen LogP contribution in [-0.2, 0) is 11.3 Å². The van der Waals surface area contributed by atoms with Crippen LogP contribution < -0.4 is 5.63 Å². The van der Waals surface area contributed by atoms with E-state index < -0.39 is 11.2 Å². The Labute approximate surface area is 170 Å². The van der Waals surface area contributed by atoms with Crippen LogP contribution in [0.3, 0.4) is 0 Å². The molecule has 154 valence electrons. The van der Waals surface area contributed by atoms with Crippen molar-refractivity contribution in [1.29, 1.82) is 0 Å². The molecule has 0 atom stereocenters. The van der Waals surface area contributed by atoms with Gasteiger partial charge in [-0.15, -0.1) is 0 Å². The molecule has 1 saturated heterocycles. The van der Waals surface area contributed by atoms with Crippen molar-refractivity contribution in [3.63, 3.8) is 0 Å². The summed E-state index contributed by atoms with van der Waals surface area (Å²) in [6.45, 7) is 6.31. The smallest absolute Gasteiger partial charge is 0.336 e. The van der Waals surface area contributed by atoms with Crippen molar-refractivity contribution in [3.05, 3.63) is 45.3 Å². The van der Waals surface area contributed by atoms with Gasteiger partial charge in [0.05, 0.1) is 6.54 Å². The summed E-state index contributed by atoms with van der Waals surface area (Å²) in [5.74, 6) is 0.174. The summed E-state index contributed by atoms with van der Waals surface area (Å²) >= 11 is 0. The van der Waals surface area contributed by atoms with E-state index in [9.17, 15) is 14.4 Å². The van der Waals surface area contributed by atoms with E-state index >= 15 is 0 Å². The number of hydrogen-bond donors (Lipinski definition) is 0. The van der Waals surface area contributed by atoms with E-state index in [1.54, 1.807) is 11.9 Å². The van der Waals surface area contributed by atoms with Crippen LogP contribution in [0.15, 0.2) is 27.4 Å². The highest BCUT2D eigenvalue weighted by Gasteiger charge is 2.55. The third kappa shape index (κ3) is 3.05. The number of rotatable bonds is 3. The summed E-state index contributed by atoms with van der Waals surface area (Å²) in [5, 5.41) is 0.784. The predicted octanol–water partition coefficient (Wildman–Crippen LogP) is 4.32. The highest BCUT2D eigenvalue weighted by Crippen LogP contribution is 2.40. The number of nitrogens with zero attached hydrogens (tertiary/aromatic N) is 2. The maximum Gasteiger partial charge on any atom is 0.336 e. The van der Waals surface area contributed by atoms with Crippen LogP contribution in [0.5, 0.6) is 0 Å². The predicted molar refractivity (Wildman–Crippen MR) is 111 cm³/mol. The van der Waals surface area contributed by atoms with E-state index in [-0.39, 0.29) is 18.5 Å². The molecule has 1 aliphatic heterocycles. The zero-order valence-corrected chi connectivity index (χ0v) is 17.6. The van der Waals surface area contributed by atoms with Crippen molar-refractivity contribution in [3.8, 4) is 0 Å². The molecule has 3 amide bonds. The van der Waals surface area contributed by atoms with Crippen LogP contribution in [0.1, 0.15) is 68.6 Å². The maximum atomic E-state index is 13.3. The Morgan fingerprint density at radius 3 is 2.41 bits per heavy atom. The second kappa shape index (κ2) is 7.01. The first-order chi connectivity index (χ1) is 13.7. The molecule has 1 aromatic carbocycles. The van der Waals surface area contributed by atoms with Gasteiger partial charge in [-0.25, -0.2) is 9.59 Å². The van der Waals surface area contributed by atoms with Crippen molar-refractivity contribution in [2.75, 3.05) is 7.05 Å². The first kappa shape index (κ1) is 19.7. The Kier molecular flexibility index (Phi) is 4.75. The lowest BCUT2D eigenvalue weighted by molar-refractivity contribution is -0.134. The van der Waals surface area contributed by atoms with Crippen molar-refractivity contribution in [2.24, 2.45) is 0 Å². The molecule has 0 unspecified atom stereocenters. The minimum Gasteiger partial charge on any atom is -0.423 e. The summed E-state index contributed by atoms with van der Waals surface area (Å²) in [4.78, 5) is 41.4. The fourth-order valence-electron chi connectivity index (χ4n) is 4.99. The molecule has 0 bridgehead atoms. The SMILES string of the molecule is Cc1cc2oc(=O)cc(CN3C(=O)N(C)C4(CCCCC4)C3=O)c2cc1C(C)C. The third-order valence-electron chi connectivity index (χ3n) is 6.65. The van der Waals surface area contributed by atoms with Crippen molar-refractivity contribution in [2.45, 2.75) is 70.9 Å². The van der Waals surface area contributed by atoms with E-state index in [1.807, 2.05) is 19.1 Å². The molecule has 1 aliphatic carbocycles. The zero-order valence-electron chi connectivity index (χ0n) is 17.6. The van der Waals surface area contributed by atoms with Crippen molar-refractivity contribution >= 4 is 22.9 Å². The van der Waals surface area contributed by atoms with Crippen LogP contribution >= 0.6 is 0 Å². The standard InChI is InChI=1S/C23H28N2O4/c1-14(2)17-12-18-16(11-20(26)29-19(18)10-15(17)3)13-25-21(27)23(24(4)22(25)28)8-6-5-7-9-23/h10-12,14H,5-9,13H2,1-4H3. The van der Waals surface area contributed by atoms with Crippen molar-refractivity contribution < 1.29 is 14.0 Å². The molecule has 6 nitrogen and oxygen atoms in total. The second-order valence-electron chi connectivity index (χ2n) is 8.78. The topological polar surface area (TPSA) is 70.8 Å². The summed E-state index contributed by atoms with van der Waals surface area (Å²) in [6, 6.07) is 5.03. The monoisotopic (exact) mass is 396 g/mol. The first-order valence-electron chi connectivity index (χ1n) is 10.4. The van der Waals surface area contributed by atoms with Crippen LogP contribution in [0, 0.1) is 6.92 Å². The lowest BCUT2D eigenvalue weighted by Gasteiger charge is -2.35. The van der Waals surface area contributed by atoms with Gasteiger partial charge in [0, 0.05) is 18.5 Å². The van der Waals surface area contributed by atoms with Gasteiger partial charge < -0.3 is 9.32 Å². The Hall–Kier alpha value is -2.63. The third-order valence-corrected chi connectivity index (χ3v) is 6.65. The number of carbonyl (C=O) groups is 2. The molecule has 29 heavy (non-hydrogen) atoms. The lowest BCUT2D eigenvalue weighted by atomic mass is 9.80. The average Bonchev–Trinajstić information content (AvgIpc) is 2.84. The van der Waals surface area contributed by atoms with E-state index in [1.165, 1.54) is 11.0 Å². The number of fused-ring (bicyclic) bond motifs is 1. The fraction of sp³-hybridized carbons (Fsp3) is 0.522. The van der Waals surface area contributed by atoms with Crippen molar-refractivity contribution in [1.82, 2.24) is 9.80 Å². The van der Waals surface area contributed by atoms with E-state index in [0.717, 1.165) is 35.8 Å². The fourth-order valence-corrected chi connectivity index (χ4v) is 4.99. The molecule has 2 aliphatic rings. The molecule has 0 radical (unpaired) electrons. The molecule has 2 aromatic rings. The number of imide groups is 1. The molecule has 6 heteroatoms. The number of urea groups is 1. The average molecular weight is 396 g/mol. The summed E-state index contributed by atoms with van der Waals surface area (Å²) in [6.07, 6.45) is 4.41. The van der Waals surface area contributed by atoms with E-state index in [2.05, 4.69) is 13.8 Å². The summed E-state index contributed by atoms with van der Waals surface area (Å²) in [5.41, 5.74) is 2.18. The Bertz CT molecular complexity index is 1050. The number of benzene rings is 1. The Morgan fingerprint density at radius 2 is 1.76 bits per heavy atom. The van der Waals surface area contributed by atoms with E-state index in [4.69, 9.17) is 4.42 Å². The lowest BCUT2D eigenvalue weighted by Crippen LogP contribution is -2.49. The molecule has 1 aromatic heterocycles. The Morgan fingerprint density at radius 1 is 1.07 bits per heavy atom. The molecule has 2 heterocycles. The minimum atomic E-state index is -0.718. The number of amides is 3. The number of aryl methyl sites for hydroxylation is 1. The number of carbonyl (C=O) groups excluding carboxylic acids is 2. The van der Waals surface area contributed by atoms with Gasteiger partial charge in [-0.05, 0) is 54.5 Å². The van der Waals surface area contributed by atoms with Gasteiger partial charge in [0.25, 0.3) is 5.91 Å². The van der Waals surface area contributed by atoms with Crippen LogP contribution in [0.2, 0.25) is 0 Å². The minimum absolute atomic E-state index is 0.0897. The van der Waals surface area contributed by atoms with Gasteiger partial charge in [-0.1, -0.05) is 33.1 Å². The zero-order chi connectivity index (χ0) is 20.9. The number of likely N-dealkylation sites (N-methyl/N-ethyl adjacent to an activating group) is 1. The van der Waals surface area contributed by atoms with E-state index in [0.29, 0.717) is 29.9 Å². The quantitative estimate of drug-likeness (QED) is 0.572. The molecule has 4 rings (SSSR count). The first-order valence-corrected chi connectivity index (χ1v) is 10.4. The van der Waals surface area contributed by atoms with Gasteiger partial charge >= 0.3 is 11.7 Å². The van der Waals surface area contributed by atoms with Gasteiger partial charge in [-0.3, -0.25) is 9.69 Å². The molecule has 1 saturated carbocycles. The van der Waals surface area contributed by atoms with Crippen LogP contribution in [-0.4, -0.2) is 34.3 Å². The Balaban J connectivity index is 1.77. The summed E-state index contributed by atoms with van der Waals surface area (Å²) < 4.78 is 5.41. The number of hydrogen-bond acceptors (Lipinski definition) is 4. The molecule has 2 fully saturated rings. The highest BCUT2D eigenvalue weighted by molar-refractivity contribution is 6.07.